The zero-order valence-corrected chi connectivity index (χ0v) is 11.3. The van der Waals surface area contributed by atoms with Crippen LogP contribution in [0.3, 0.4) is 0 Å². The van der Waals surface area contributed by atoms with Crippen molar-refractivity contribution in [2.45, 2.75) is 11.2 Å². The molecule has 20 heavy (non-hydrogen) atoms. The average Bonchev–Trinajstić information content (AvgIpc) is 2.49. The Bertz CT molecular complexity index is 634. The Morgan fingerprint density at radius 1 is 1.30 bits per heavy atom. The number of rotatable bonds is 5. The molecule has 1 aromatic carbocycles. The van der Waals surface area contributed by atoms with Gasteiger partial charge in [-0.2, -0.15) is 0 Å². The molecule has 0 saturated carbocycles. The first-order valence-corrected chi connectivity index (χ1v) is 6.87. The lowest BCUT2D eigenvalue weighted by atomic mass is 10.0. The molecule has 5 nitrogen and oxygen atoms in total. The van der Waals surface area contributed by atoms with Crippen LogP contribution in [0.4, 0.5) is 4.39 Å². The van der Waals surface area contributed by atoms with Crippen LogP contribution >= 0.6 is 11.8 Å². The number of nitrogens with zero attached hydrogens (tertiary/aromatic N) is 3. The number of thioether (sulfide) groups is 1. The van der Waals surface area contributed by atoms with Crippen molar-refractivity contribution in [1.82, 2.24) is 9.97 Å². The number of hydrogen-bond acceptors (Lipinski definition) is 6. The Kier molecular flexibility index (Phi) is 4.52. The summed E-state index contributed by atoms with van der Waals surface area (Å²) in [7, 11) is 0. The van der Waals surface area contributed by atoms with Crippen LogP contribution in [0.1, 0.15) is 22.1 Å². The third kappa shape index (κ3) is 3.05. The number of hydrogen-bond donors (Lipinski definition) is 0. The lowest BCUT2D eigenvalue weighted by Crippen LogP contribution is -2.12. The summed E-state index contributed by atoms with van der Waals surface area (Å²) in [5.74, 6) is -0.977. The van der Waals surface area contributed by atoms with Gasteiger partial charge in [0.2, 0.25) is 0 Å². The summed E-state index contributed by atoms with van der Waals surface area (Å²) in [6.45, 7) is 0. The maximum Gasteiger partial charge on any atom is 0.197 e. The molecule has 2 rings (SSSR count). The predicted molar refractivity (Wildman–Crippen MR) is 73.1 cm³/mol. The smallest absolute Gasteiger partial charge is 0.197 e. The molecule has 2 aromatic rings. The van der Waals surface area contributed by atoms with Crippen LogP contribution in [0.15, 0.2) is 46.9 Å². The van der Waals surface area contributed by atoms with Crippen molar-refractivity contribution in [1.29, 1.82) is 0 Å². The van der Waals surface area contributed by atoms with Gasteiger partial charge in [0.05, 0.1) is 5.69 Å². The van der Waals surface area contributed by atoms with E-state index in [1.165, 1.54) is 36.2 Å². The third-order valence-electron chi connectivity index (χ3n) is 2.60. The molecule has 0 bridgehead atoms. The lowest BCUT2D eigenvalue weighted by molar-refractivity contribution is 0.0960. The molecule has 1 atom stereocenters. The highest BCUT2D eigenvalue weighted by molar-refractivity contribution is 7.98. The predicted octanol–water partition coefficient (Wildman–Crippen LogP) is 3.03. The van der Waals surface area contributed by atoms with Crippen molar-refractivity contribution in [3.05, 3.63) is 58.5 Å². The molecule has 0 fully saturated rings. The highest BCUT2D eigenvalue weighted by Crippen LogP contribution is 2.22. The Hall–Kier alpha value is -2.15. The molecule has 0 radical (unpaired) electrons. The van der Waals surface area contributed by atoms with E-state index in [1.807, 2.05) is 0 Å². The maximum absolute atomic E-state index is 12.8. The molecular formula is C13H10FN3O2S. The monoisotopic (exact) mass is 291 g/mol. The van der Waals surface area contributed by atoms with E-state index >= 15 is 0 Å². The second-order valence-corrected chi connectivity index (χ2v) is 4.62. The number of halogens is 1. The maximum atomic E-state index is 12.8. The number of ketones is 1. The summed E-state index contributed by atoms with van der Waals surface area (Å²) in [6, 6.07) is 5.14. The molecule has 0 N–H and O–H groups in total. The number of carbonyl (C=O) groups excluding carboxylic acids is 1. The van der Waals surface area contributed by atoms with Crippen LogP contribution in [0, 0.1) is 10.7 Å². The lowest BCUT2D eigenvalue weighted by Gasteiger charge is -2.08. The Labute approximate surface area is 118 Å². The van der Waals surface area contributed by atoms with Gasteiger partial charge in [-0.1, -0.05) is 16.9 Å². The molecular weight excluding hydrogens is 281 g/mol. The van der Waals surface area contributed by atoms with Crippen LogP contribution in [-0.4, -0.2) is 22.0 Å². The van der Waals surface area contributed by atoms with Gasteiger partial charge in [-0.15, -0.1) is 4.91 Å². The first-order valence-electron chi connectivity index (χ1n) is 5.65. The fourth-order valence-corrected chi connectivity index (χ4v) is 1.98. The second-order valence-electron chi connectivity index (χ2n) is 3.85. The van der Waals surface area contributed by atoms with Gasteiger partial charge in [0.25, 0.3) is 0 Å². The first-order chi connectivity index (χ1) is 9.65. The largest absolute Gasteiger partial charge is 0.291 e. The fourth-order valence-electron chi connectivity index (χ4n) is 1.61. The van der Waals surface area contributed by atoms with E-state index in [4.69, 9.17) is 0 Å². The highest BCUT2D eigenvalue weighted by Gasteiger charge is 2.24. The number of benzene rings is 1. The summed E-state index contributed by atoms with van der Waals surface area (Å²) in [5.41, 5.74) is 0.439. The molecule has 0 amide bonds. The summed E-state index contributed by atoms with van der Waals surface area (Å²) in [6.07, 6.45) is 3.24. The van der Waals surface area contributed by atoms with Gasteiger partial charge in [-0.05, 0) is 36.6 Å². The van der Waals surface area contributed by atoms with Crippen molar-refractivity contribution in [3.63, 3.8) is 0 Å². The normalized spacial score (nSPS) is 11.9. The van der Waals surface area contributed by atoms with Crippen molar-refractivity contribution in [3.8, 4) is 0 Å². The minimum absolute atomic E-state index is 0.209. The van der Waals surface area contributed by atoms with E-state index in [1.54, 1.807) is 6.26 Å². The standard InChI is InChI=1S/C13H10FN3O2S/c1-20-13-15-7-6-10(16-13)11(17-19)12(18)8-2-4-9(14)5-3-8/h2-7,11H,1H3. The number of nitroso groups, excluding NO2 is 1. The van der Waals surface area contributed by atoms with Gasteiger partial charge < -0.3 is 0 Å². The number of carbonyl (C=O) groups is 1. The van der Waals surface area contributed by atoms with Crippen LogP contribution in [-0.2, 0) is 0 Å². The molecule has 0 aliphatic heterocycles. The Balaban J connectivity index is 2.33. The van der Waals surface area contributed by atoms with Crippen LogP contribution in [0.5, 0.6) is 0 Å². The van der Waals surface area contributed by atoms with E-state index in [0.717, 1.165) is 12.1 Å². The molecule has 1 unspecified atom stereocenters. The van der Waals surface area contributed by atoms with Gasteiger partial charge in [0.1, 0.15) is 5.82 Å². The minimum atomic E-state index is -1.26. The highest BCUT2D eigenvalue weighted by atomic mass is 32.2. The van der Waals surface area contributed by atoms with E-state index < -0.39 is 17.6 Å². The minimum Gasteiger partial charge on any atom is -0.291 e. The fraction of sp³-hybridized carbons (Fsp3) is 0.154. The Morgan fingerprint density at radius 2 is 2.00 bits per heavy atom. The van der Waals surface area contributed by atoms with E-state index in [0.29, 0.717) is 5.16 Å². The van der Waals surface area contributed by atoms with Crippen molar-refractivity contribution >= 4 is 17.5 Å². The van der Waals surface area contributed by atoms with Gasteiger partial charge in [-0.3, -0.25) is 4.79 Å². The third-order valence-corrected chi connectivity index (χ3v) is 3.16. The van der Waals surface area contributed by atoms with Crippen molar-refractivity contribution in [2.75, 3.05) is 6.26 Å². The van der Waals surface area contributed by atoms with Crippen LogP contribution in [0.25, 0.3) is 0 Å². The first kappa shape index (κ1) is 14.3. The van der Waals surface area contributed by atoms with Gasteiger partial charge in [-0.25, -0.2) is 14.4 Å². The van der Waals surface area contributed by atoms with E-state index in [-0.39, 0.29) is 11.3 Å². The summed E-state index contributed by atoms with van der Waals surface area (Å²) in [4.78, 5) is 31.2. The van der Waals surface area contributed by atoms with Gasteiger partial charge in [0, 0.05) is 11.8 Å². The SMILES string of the molecule is CSc1nccc(C(N=O)C(=O)c2ccc(F)cc2)n1. The molecule has 0 saturated heterocycles. The summed E-state index contributed by atoms with van der Waals surface area (Å²) in [5, 5.41) is 3.29. The second kappa shape index (κ2) is 6.33. The average molecular weight is 291 g/mol. The molecule has 0 aliphatic rings. The molecule has 102 valence electrons. The van der Waals surface area contributed by atoms with E-state index in [9.17, 15) is 14.1 Å². The molecule has 7 heteroatoms. The van der Waals surface area contributed by atoms with Gasteiger partial charge >= 0.3 is 0 Å². The topological polar surface area (TPSA) is 72.3 Å². The van der Waals surface area contributed by atoms with Gasteiger partial charge in [0.15, 0.2) is 17.0 Å². The summed E-state index contributed by atoms with van der Waals surface area (Å²) < 4.78 is 12.8. The number of aromatic nitrogens is 2. The summed E-state index contributed by atoms with van der Waals surface area (Å²) >= 11 is 1.29. The van der Waals surface area contributed by atoms with Crippen LogP contribution < -0.4 is 0 Å². The zero-order valence-electron chi connectivity index (χ0n) is 10.5. The molecule has 0 aliphatic carbocycles. The van der Waals surface area contributed by atoms with E-state index in [2.05, 4.69) is 15.1 Å². The van der Waals surface area contributed by atoms with Crippen LogP contribution in [0.2, 0.25) is 0 Å². The molecule has 0 spiro atoms. The molecule has 1 heterocycles. The quantitative estimate of drug-likeness (QED) is 0.366. The zero-order chi connectivity index (χ0) is 14.5. The number of Topliss-reactive ketones (excluding diaryl/α,β-unsaturated/α-hetero) is 1. The molecule has 1 aromatic heterocycles. The van der Waals surface area contributed by atoms with Crippen molar-refractivity contribution < 1.29 is 9.18 Å². The van der Waals surface area contributed by atoms with Crippen molar-refractivity contribution in [2.24, 2.45) is 5.18 Å². The Morgan fingerprint density at radius 3 is 2.60 bits per heavy atom.